The van der Waals surface area contributed by atoms with Crippen molar-refractivity contribution >= 4 is 27.4 Å². The van der Waals surface area contributed by atoms with E-state index in [1.165, 1.54) is 29.6 Å². The first kappa shape index (κ1) is 19.9. The van der Waals surface area contributed by atoms with Gasteiger partial charge in [-0.15, -0.1) is 0 Å². The quantitative estimate of drug-likeness (QED) is 0.395. The predicted molar refractivity (Wildman–Crippen MR) is 91.4 cm³/mol. The van der Waals surface area contributed by atoms with Crippen molar-refractivity contribution in [2.45, 2.75) is 32.4 Å². The van der Waals surface area contributed by atoms with E-state index in [1.54, 1.807) is 6.92 Å². The SMILES string of the molecule is CCN(C(=O)[C@@H](C)OC(=O)c1cc([N+](=O)[O-])cn1C)[C@@H]1CCS(=O)(=O)C1. The first-order valence-corrected chi connectivity index (χ1v) is 9.90. The summed E-state index contributed by atoms with van der Waals surface area (Å²) in [5.41, 5.74) is -0.312. The second kappa shape index (κ2) is 7.44. The van der Waals surface area contributed by atoms with Gasteiger partial charge in [0.25, 0.3) is 11.6 Å². The summed E-state index contributed by atoms with van der Waals surface area (Å²) in [5, 5.41) is 10.8. The fraction of sp³-hybridized carbons (Fsp3) is 0.600. The summed E-state index contributed by atoms with van der Waals surface area (Å²) in [7, 11) is -1.70. The maximum Gasteiger partial charge on any atom is 0.355 e. The Kier molecular flexibility index (Phi) is 5.69. The zero-order valence-corrected chi connectivity index (χ0v) is 15.6. The number of ether oxygens (including phenoxy) is 1. The first-order chi connectivity index (χ1) is 12.1. The van der Waals surface area contributed by atoms with Gasteiger partial charge in [0.1, 0.15) is 5.69 Å². The zero-order chi connectivity index (χ0) is 19.6. The zero-order valence-electron chi connectivity index (χ0n) is 14.7. The highest BCUT2D eigenvalue weighted by Crippen LogP contribution is 2.20. The molecule has 0 aromatic carbocycles. The molecular formula is C15H21N3O7S. The van der Waals surface area contributed by atoms with E-state index in [-0.39, 0.29) is 29.4 Å². The fourth-order valence-corrected chi connectivity index (χ4v) is 4.70. The van der Waals surface area contributed by atoms with Crippen LogP contribution in [-0.4, -0.2) is 64.9 Å². The van der Waals surface area contributed by atoms with Gasteiger partial charge in [-0.05, 0) is 20.3 Å². The average Bonchev–Trinajstić information content (AvgIpc) is 3.10. The van der Waals surface area contributed by atoms with Gasteiger partial charge in [-0.25, -0.2) is 13.2 Å². The van der Waals surface area contributed by atoms with E-state index < -0.39 is 38.8 Å². The molecule has 0 spiro atoms. The molecule has 1 amide bonds. The summed E-state index contributed by atoms with van der Waals surface area (Å²) < 4.78 is 29.7. The molecule has 0 bridgehead atoms. The lowest BCUT2D eigenvalue weighted by Gasteiger charge is -2.29. The summed E-state index contributed by atoms with van der Waals surface area (Å²) in [6, 6.07) is 0.635. The number of aryl methyl sites for hydroxylation is 1. The molecule has 1 aromatic rings. The molecule has 0 saturated carbocycles. The number of carbonyl (C=O) groups is 2. The lowest BCUT2D eigenvalue weighted by molar-refractivity contribution is -0.384. The smallest absolute Gasteiger partial charge is 0.355 e. The molecule has 1 aromatic heterocycles. The average molecular weight is 387 g/mol. The molecule has 26 heavy (non-hydrogen) atoms. The number of amides is 1. The third-order valence-electron chi connectivity index (χ3n) is 4.31. The van der Waals surface area contributed by atoms with Gasteiger partial charge < -0.3 is 14.2 Å². The minimum atomic E-state index is -3.16. The Balaban J connectivity index is 2.08. The van der Waals surface area contributed by atoms with Crippen molar-refractivity contribution in [1.29, 1.82) is 0 Å². The third kappa shape index (κ3) is 4.21. The maximum atomic E-state index is 12.6. The van der Waals surface area contributed by atoms with E-state index in [0.29, 0.717) is 6.42 Å². The van der Waals surface area contributed by atoms with E-state index in [0.717, 1.165) is 6.07 Å². The van der Waals surface area contributed by atoms with Crippen molar-refractivity contribution < 1.29 is 27.7 Å². The largest absolute Gasteiger partial charge is 0.448 e. The minimum absolute atomic E-state index is 0.0304. The predicted octanol–water partition coefficient (Wildman–Crippen LogP) is 0.514. The van der Waals surface area contributed by atoms with Crippen LogP contribution in [0.2, 0.25) is 0 Å². The van der Waals surface area contributed by atoms with Crippen LogP contribution in [0, 0.1) is 10.1 Å². The molecule has 2 heterocycles. The van der Waals surface area contributed by atoms with Crippen LogP contribution in [0.5, 0.6) is 0 Å². The molecule has 0 unspecified atom stereocenters. The lowest BCUT2D eigenvalue weighted by atomic mass is 10.2. The number of carbonyl (C=O) groups excluding carboxylic acids is 2. The monoisotopic (exact) mass is 387 g/mol. The molecule has 0 radical (unpaired) electrons. The van der Waals surface area contributed by atoms with Crippen molar-refractivity contribution in [2.75, 3.05) is 18.1 Å². The maximum absolute atomic E-state index is 12.6. The van der Waals surface area contributed by atoms with Crippen LogP contribution >= 0.6 is 0 Å². The summed E-state index contributed by atoms with van der Waals surface area (Å²) in [4.78, 5) is 36.3. The molecule has 2 rings (SSSR count). The van der Waals surface area contributed by atoms with Gasteiger partial charge >= 0.3 is 5.97 Å². The number of nitrogens with zero attached hydrogens (tertiary/aromatic N) is 3. The number of esters is 1. The van der Waals surface area contributed by atoms with Gasteiger partial charge in [0.15, 0.2) is 15.9 Å². The summed E-state index contributed by atoms with van der Waals surface area (Å²) >= 11 is 0. The van der Waals surface area contributed by atoms with Crippen LogP contribution in [0.1, 0.15) is 30.8 Å². The number of aromatic nitrogens is 1. The van der Waals surface area contributed by atoms with Crippen molar-refractivity contribution in [3.05, 3.63) is 28.1 Å². The Morgan fingerprint density at radius 3 is 2.62 bits per heavy atom. The Morgan fingerprint density at radius 2 is 2.15 bits per heavy atom. The molecule has 10 nitrogen and oxygen atoms in total. The number of likely N-dealkylation sites (N-methyl/N-ethyl adjacent to an activating group) is 1. The number of hydrogen-bond acceptors (Lipinski definition) is 7. The molecule has 0 aliphatic carbocycles. The highest BCUT2D eigenvalue weighted by molar-refractivity contribution is 7.91. The van der Waals surface area contributed by atoms with Crippen LogP contribution in [0.4, 0.5) is 5.69 Å². The molecule has 1 saturated heterocycles. The van der Waals surface area contributed by atoms with Crippen LogP contribution < -0.4 is 0 Å². The number of sulfone groups is 1. The molecule has 0 N–H and O–H groups in total. The topological polar surface area (TPSA) is 129 Å². The van der Waals surface area contributed by atoms with Crippen LogP contribution in [0.3, 0.4) is 0 Å². The standard InChI is InChI=1S/C15H21N3O7S/c1-4-17(11-5-6-26(23,24)9-11)14(19)10(2)25-15(20)13-7-12(18(21)22)8-16(13)3/h7-8,10-11H,4-6,9H2,1-3H3/t10-,11-/m1/s1. The van der Waals surface area contributed by atoms with E-state index in [4.69, 9.17) is 4.74 Å². The van der Waals surface area contributed by atoms with Crippen molar-refractivity contribution in [3.8, 4) is 0 Å². The second-order valence-corrected chi connectivity index (χ2v) is 8.41. The van der Waals surface area contributed by atoms with Gasteiger partial charge in [0.2, 0.25) is 0 Å². The van der Waals surface area contributed by atoms with Gasteiger partial charge in [-0.2, -0.15) is 0 Å². The third-order valence-corrected chi connectivity index (χ3v) is 6.07. The molecule has 2 atom stereocenters. The molecule has 1 aliphatic heterocycles. The van der Waals surface area contributed by atoms with Crippen LogP contribution in [0.15, 0.2) is 12.3 Å². The summed E-state index contributed by atoms with van der Waals surface area (Å²) in [6.07, 6.45) is 0.386. The number of nitro groups is 1. The van der Waals surface area contributed by atoms with Crippen molar-refractivity contribution in [3.63, 3.8) is 0 Å². The summed E-state index contributed by atoms with van der Waals surface area (Å²) in [6.45, 7) is 3.40. The van der Waals surface area contributed by atoms with Crippen molar-refractivity contribution in [1.82, 2.24) is 9.47 Å². The van der Waals surface area contributed by atoms with Crippen LogP contribution in [-0.2, 0) is 26.4 Å². The van der Waals surface area contributed by atoms with Crippen LogP contribution in [0.25, 0.3) is 0 Å². The van der Waals surface area contributed by atoms with Crippen molar-refractivity contribution in [2.24, 2.45) is 7.05 Å². The molecular weight excluding hydrogens is 366 g/mol. The van der Waals surface area contributed by atoms with E-state index >= 15 is 0 Å². The first-order valence-electron chi connectivity index (χ1n) is 8.08. The minimum Gasteiger partial charge on any atom is -0.448 e. The van der Waals surface area contributed by atoms with E-state index in [1.807, 2.05) is 0 Å². The fourth-order valence-electron chi connectivity index (χ4n) is 2.97. The van der Waals surface area contributed by atoms with Gasteiger partial charge in [0.05, 0.1) is 22.6 Å². The van der Waals surface area contributed by atoms with Gasteiger partial charge in [-0.1, -0.05) is 0 Å². The Bertz CT molecular complexity index is 830. The Morgan fingerprint density at radius 1 is 1.50 bits per heavy atom. The molecule has 1 aliphatic rings. The van der Waals surface area contributed by atoms with Gasteiger partial charge in [-0.3, -0.25) is 14.9 Å². The summed E-state index contributed by atoms with van der Waals surface area (Å²) in [5.74, 6) is -1.43. The highest BCUT2D eigenvalue weighted by Gasteiger charge is 2.36. The second-order valence-electron chi connectivity index (χ2n) is 6.18. The highest BCUT2D eigenvalue weighted by atomic mass is 32.2. The normalized spacial score (nSPS) is 19.7. The van der Waals surface area contributed by atoms with E-state index in [9.17, 15) is 28.1 Å². The molecule has 1 fully saturated rings. The molecule has 144 valence electrons. The molecule has 11 heteroatoms. The number of hydrogen-bond donors (Lipinski definition) is 0. The van der Waals surface area contributed by atoms with E-state index in [2.05, 4.69) is 0 Å². The Hall–Kier alpha value is -2.43. The van der Waals surface area contributed by atoms with Gasteiger partial charge in [0, 0.05) is 25.7 Å². The number of rotatable bonds is 6. The Labute approximate surface area is 150 Å². The lowest BCUT2D eigenvalue weighted by Crippen LogP contribution is -2.46.